The molecule has 0 bridgehead atoms. The average molecular weight is 325 g/mol. The Balaban J connectivity index is 3.00. The minimum Gasteiger partial charge on any atom is -0.396 e. The SMILES string of the molecule is C=Cc1ccccc1C[P+](CCCO)(CCCO)CCCO. The number of benzene rings is 1. The maximum absolute atomic E-state index is 9.25. The van der Waals surface area contributed by atoms with Gasteiger partial charge in [0.1, 0.15) is 0 Å². The Morgan fingerprint density at radius 1 is 0.864 bits per heavy atom. The summed E-state index contributed by atoms with van der Waals surface area (Å²) in [5, 5.41) is 27.8. The van der Waals surface area contributed by atoms with Gasteiger partial charge in [0.2, 0.25) is 0 Å². The minimum absolute atomic E-state index is 0.211. The Labute approximate surface area is 135 Å². The second-order valence-corrected chi connectivity index (χ2v) is 10.1. The van der Waals surface area contributed by atoms with Crippen LogP contribution in [0.5, 0.6) is 0 Å². The molecule has 3 nitrogen and oxygen atoms in total. The molecule has 0 aliphatic rings. The highest BCUT2D eigenvalue weighted by Crippen LogP contribution is 2.63. The molecule has 22 heavy (non-hydrogen) atoms. The largest absolute Gasteiger partial charge is 0.396 e. The molecule has 0 atom stereocenters. The van der Waals surface area contributed by atoms with E-state index in [2.05, 4.69) is 24.8 Å². The zero-order chi connectivity index (χ0) is 16.3. The quantitative estimate of drug-likeness (QED) is 0.518. The molecule has 0 heterocycles. The van der Waals surface area contributed by atoms with E-state index in [1.807, 2.05) is 12.1 Å². The molecule has 0 saturated heterocycles. The van der Waals surface area contributed by atoms with Crippen molar-refractivity contribution >= 4 is 13.3 Å². The summed E-state index contributed by atoms with van der Waals surface area (Å²) in [7, 11) is -1.34. The summed E-state index contributed by atoms with van der Waals surface area (Å²) in [4.78, 5) is 0. The second kappa shape index (κ2) is 10.9. The normalized spacial score (nSPS) is 11.6. The second-order valence-electron chi connectivity index (χ2n) is 5.80. The predicted molar refractivity (Wildman–Crippen MR) is 96.9 cm³/mol. The zero-order valence-electron chi connectivity index (χ0n) is 13.5. The van der Waals surface area contributed by atoms with Crippen LogP contribution in [0.15, 0.2) is 30.8 Å². The lowest BCUT2D eigenvalue weighted by Crippen LogP contribution is -2.14. The molecular formula is C18H30O3P+. The molecule has 124 valence electrons. The number of aliphatic hydroxyl groups is 3. The van der Waals surface area contributed by atoms with Crippen LogP contribution in [0, 0.1) is 0 Å². The third kappa shape index (κ3) is 6.18. The Bertz CT molecular complexity index is 412. The summed E-state index contributed by atoms with van der Waals surface area (Å²) in [6, 6.07) is 8.32. The fourth-order valence-electron chi connectivity index (χ4n) is 3.03. The lowest BCUT2D eigenvalue weighted by atomic mass is 10.1. The van der Waals surface area contributed by atoms with Gasteiger partial charge in [0.25, 0.3) is 0 Å². The van der Waals surface area contributed by atoms with Gasteiger partial charge < -0.3 is 15.3 Å². The molecule has 0 radical (unpaired) electrons. The molecule has 3 N–H and O–H groups in total. The molecule has 1 aromatic rings. The van der Waals surface area contributed by atoms with Crippen molar-refractivity contribution < 1.29 is 15.3 Å². The van der Waals surface area contributed by atoms with Crippen molar-refractivity contribution in [3.8, 4) is 0 Å². The third-order valence-electron chi connectivity index (χ3n) is 4.15. The van der Waals surface area contributed by atoms with Crippen molar-refractivity contribution in [1.29, 1.82) is 0 Å². The van der Waals surface area contributed by atoms with E-state index >= 15 is 0 Å². The van der Waals surface area contributed by atoms with E-state index in [9.17, 15) is 15.3 Å². The summed E-state index contributed by atoms with van der Waals surface area (Å²) in [5.41, 5.74) is 2.48. The van der Waals surface area contributed by atoms with Crippen LogP contribution in [-0.2, 0) is 6.16 Å². The van der Waals surface area contributed by atoms with Gasteiger partial charge in [-0.05, 0) is 11.1 Å². The summed E-state index contributed by atoms with van der Waals surface area (Å²) in [6.45, 7) is 4.53. The predicted octanol–water partition coefficient (Wildman–Crippen LogP) is 2.99. The summed E-state index contributed by atoms with van der Waals surface area (Å²) in [6.07, 6.45) is 8.39. The van der Waals surface area contributed by atoms with Crippen LogP contribution in [0.2, 0.25) is 0 Å². The van der Waals surface area contributed by atoms with Gasteiger partial charge in [0.05, 0.1) is 24.6 Å². The van der Waals surface area contributed by atoms with E-state index in [0.29, 0.717) is 0 Å². The fourth-order valence-corrected chi connectivity index (χ4v) is 7.62. The zero-order valence-corrected chi connectivity index (χ0v) is 14.3. The first-order valence-electron chi connectivity index (χ1n) is 8.09. The first-order chi connectivity index (χ1) is 10.7. The maximum Gasteiger partial charge on any atom is 0.0848 e. The van der Waals surface area contributed by atoms with E-state index in [1.165, 1.54) is 11.1 Å². The number of rotatable bonds is 12. The van der Waals surface area contributed by atoms with E-state index in [-0.39, 0.29) is 19.8 Å². The van der Waals surface area contributed by atoms with E-state index in [4.69, 9.17) is 0 Å². The standard InChI is InChI=1S/C18H30O3P/c1-2-17-8-3-4-9-18(17)16-22(13-5-10-19,14-6-11-20)15-7-12-21/h2-4,8-9,19-21H,1,5-7,10-16H2/q+1. The molecule has 1 aromatic carbocycles. The van der Waals surface area contributed by atoms with E-state index in [1.54, 1.807) is 0 Å². The Kier molecular flexibility index (Phi) is 9.58. The first-order valence-corrected chi connectivity index (χ1v) is 10.6. The molecule has 0 spiro atoms. The number of hydrogen-bond acceptors (Lipinski definition) is 3. The van der Waals surface area contributed by atoms with Crippen molar-refractivity contribution in [1.82, 2.24) is 0 Å². The maximum atomic E-state index is 9.25. The van der Waals surface area contributed by atoms with Crippen molar-refractivity contribution in [3.63, 3.8) is 0 Å². The van der Waals surface area contributed by atoms with Crippen molar-refractivity contribution in [2.24, 2.45) is 0 Å². The van der Waals surface area contributed by atoms with Gasteiger partial charge >= 0.3 is 0 Å². The molecule has 4 heteroatoms. The van der Waals surface area contributed by atoms with Crippen LogP contribution in [0.3, 0.4) is 0 Å². The summed E-state index contributed by atoms with van der Waals surface area (Å²) < 4.78 is 0. The van der Waals surface area contributed by atoms with Crippen molar-refractivity contribution in [3.05, 3.63) is 42.0 Å². The Morgan fingerprint density at radius 2 is 1.36 bits per heavy atom. The van der Waals surface area contributed by atoms with Gasteiger partial charge in [-0.15, -0.1) is 0 Å². The first kappa shape index (κ1) is 19.3. The van der Waals surface area contributed by atoms with Gasteiger partial charge in [-0.3, -0.25) is 0 Å². The van der Waals surface area contributed by atoms with Crippen LogP contribution < -0.4 is 0 Å². The molecule has 0 saturated carbocycles. The van der Waals surface area contributed by atoms with Crippen LogP contribution in [0.25, 0.3) is 6.08 Å². The van der Waals surface area contributed by atoms with Crippen molar-refractivity contribution in [2.45, 2.75) is 25.4 Å². The van der Waals surface area contributed by atoms with E-state index in [0.717, 1.165) is 43.9 Å². The number of hydrogen-bond donors (Lipinski definition) is 3. The molecule has 1 rings (SSSR count). The Hall–Kier alpha value is -0.730. The lowest BCUT2D eigenvalue weighted by molar-refractivity contribution is 0.292. The van der Waals surface area contributed by atoms with Gasteiger partial charge in [-0.25, -0.2) is 0 Å². The summed E-state index contributed by atoms with van der Waals surface area (Å²) in [5.74, 6) is 0. The smallest absolute Gasteiger partial charge is 0.0848 e. The molecule has 0 fully saturated rings. The van der Waals surface area contributed by atoms with Gasteiger partial charge in [-0.2, -0.15) is 0 Å². The Morgan fingerprint density at radius 3 is 1.82 bits per heavy atom. The van der Waals surface area contributed by atoms with Gasteiger partial charge in [0, 0.05) is 46.3 Å². The van der Waals surface area contributed by atoms with Crippen LogP contribution in [0.4, 0.5) is 0 Å². The topological polar surface area (TPSA) is 60.7 Å². The van der Waals surface area contributed by atoms with Crippen molar-refractivity contribution in [2.75, 3.05) is 38.3 Å². The molecule has 0 amide bonds. The highest BCUT2D eigenvalue weighted by molar-refractivity contribution is 7.75. The monoisotopic (exact) mass is 325 g/mol. The van der Waals surface area contributed by atoms with Crippen LogP contribution in [-0.4, -0.2) is 53.6 Å². The molecule has 0 unspecified atom stereocenters. The highest BCUT2D eigenvalue weighted by Gasteiger charge is 2.36. The van der Waals surface area contributed by atoms with Crippen LogP contribution in [0.1, 0.15) is 30.4 Å². The molecular weight excluding hydrogens is 295 g/mol. The average Bonchev–Trinajstić information content (AvgIpc) is 2.56. The molecule has 0 aliphatic carbocycles. The van der Waals surface area contributed by atoms with E-state index < -0.39 is 7.26 Å². The van der Waals surface area contributed by atoms with Gasteiger partial charge in [0.15, 0.2) is 0 Å². The van der Waals surface area contributed by atoms with Crippen LogP contribution >= 0.6 is 7.26 Å². The molecule has 0 aromatic heterocycles. The highest BCUT2D eigenvalue weighted by atomic mass is 31.2. The third-order valence-corrected chi connectivity index (χ3v) is 8.96. The summed E-state index contributed by atoms with van der Waals surface area (Å²) >= 11 is 0. The lowest BCUT2D eigenvalue weighted by Gasteiger charge is -2.28. The fraction of sp³-hybridized carbons (Fsp3) is 0.556. The molecule has 0 aliphatic heterocycles. The minimum atomic E-state index is -1.34. The van der Waals surface area contributed by atoms with Gasteiger partial charge in [-0.1, -0.05) is 36.9 Å². The number of aliphatic hydroxyl groups excluding tert-OH is 3.